The second kappa shape index (κ2) is 3.08. The molecule has 0 aromatic carbocycles. The molecule has 0 amide bonds. The van der Waals surface area contributed by atoms with Crippen LogP contribution in [0, 0.1) is 0 Å². The minimum atomic E-state index is 0.621. The Morgan fingerprint density at radius 3 is 3.23 bits per heavy atom. The predicted octanol–water partition coefficient (Wildman–Crippen LogP) is 0.347. The van der Waals surface area contributed by atoms with Crippen LogP contribution < -0.4 is 15.0 Å². The van der Waals surface area contributed by atoms with Crippen molar-refractivity contribution in [1.82, 2.24) is 9.97 Å². The van der Waals surface area contributed by atoms with Gasteiger partial charge in [0, 0.05) is 14.1 Å². The van der Waals surface area contributed by atoms with Crippen LogP contribution in [0.2, 0.25) is 0 Å². The average molecular weight is 180 g/mol. The van der Waals surface area contributed by atoms with Crippen molar-refractivity contribution >= 4 is 11.8 Å². The van der Waals surface area contributed by atoms with Gasteiger partial charge in [-0.3, -0.25) is 0 Å². The number of nitrogens with zero attached hydrogens (tertiary/aromatic N) is 3. The molecule has 0 unspecified atom stereocenters. The molecule has 70 valence electrons. The molecule has 0 bridgehead atoms. The van der Waals surface area contributed by atoms with Crippen LogP contribution in [0.15, 0.2) is 6.20 Å². The predicted molar refractivity (Wildman–Crippen MR) is 50.3 cm³/mol. The molecule has 0 saturated heterocycles. The molecule has 2 heterocycles. The summed E-state index contributed by atoms with van der Waals surface area (Å²) >= 11 is 0. The van der Waals surface area contributed by atoms with Gasteiger partial charge >= 0.3 is 0 Å². The van der Waals surface area contributed by atoms with Crippen molar-refractivity contribution < 1.29 is 4.74 Å². The van der Waals surface area contributed by atoms with E-state index >= 15 is 0 Å². The molecule has 0 atom stereocenters. The van der Waals surface area contributed by atoms with Gasteiger partial charge in [0.1, 0.15) is 6.61 Å². The largest absolute Gasteiger partial charge is 0.486 e. The van der Waals surface area contributed by atoms with E-state index in [1.54, 1.807) is 13.2 Å². The SMILES string of the molecule is CNc1ncc2c(n1)N(C)CCO2. The Hall–Kier alpha value is -1.52. The second-order valence-electron chi connectivity index (χ2n) is 2.90. The normalized spacial score (nSPS) is 14.8. The maximum atomic E-state index is 5.40. The summed E-state index contributed by atoms with van der Waals surface area (Å²) in [6, 6.07) is 0. The van der Waals surface area contributed by atoms with Crippen molar-refractivity contribution in [3.05, 3.63) is 6.20 Å². The van der Waals surface area contributed by atoms with E-state index in [1.807, 2.05) is 7.05 Å². The first kappa shape index (κ1) is 8.10. The number of aromatic nitrogens is 2. The maximum absolute atomic E-state index is 5.40. The van der Waals surface area contributed by atoms with Crippen molar-refractivity contribution in [2.24, 2.45) is 0 Å². The first-order valence-corrected chi connectivity index (χ1v) is 4.20. The van der Waals surface area contributed by atoms with E-state index in [4.69, 9.17) is 4.74 Å². The van der Waals surface area contributed by atoms with Crippen molar-refractivity contribution in [2.45, 2.75) is 0 Å². The number of fused-ring (bicyclic) bond motifs is 1. The fraction of sp³-hybridized carbons (Fsp3) is 0.500. The monoisotopic (exact) mass is 180 g/mol. The van der Waals surface area contributed by atoms with E-state index in [0.29, 0.717) is 12.6 Å². The van der Waals surface area contributed by atoms with E-state index in [0.717, 1.165) is 18.1 Å². The Balaban J connectivity index is 2.41. The summed E-state index contributed by atoms with van der Waals surface area (Å²) in [5.74, 6) is 2.23. The summed E-state index contributed by atoms with van der Waals surface area (Å²) in [5.41, 5.74) is 0. The van der Waals surface area contributed by atoms with Gasteiger partial charge in [-0.15, -0.1) is 0 Å². The maximum Gasteiger partial charge on any atom is 0.224 e. The summed E-state index contributed by atoms with van der Waals surface area (Å²) in [7, 11) is 3.79. The molecule has 5 heteroatoms. The molecule has 0 fully saturated rings. The second-order valence-corrected chi connectivity index (χ2v) is 2.90. The number of ether oxygens (including phenoxy) is 1. The topological polar surface area (TPSA) is 50.3 Å². The van der Waals surface area contributed by atoms with Gasteiger partial charge in [0.2, 0.25) is 5.95 Å². The number of hydrogen-bond donors (Lipinski definition) is 1. The lowest BCUT2D eigenvalue weighted by molar-refractivity contribution is 0.307. The third-order valence-corrected chi connectivity index (χ3v) is 2.01. The lowest BCUT2D eigenvalue weighted by Crippen LogP contribution is -2.30. The van der Waals surface area contributed by atoms with Gasteiger partial charge in [-0.1, -0.05) is 0 Å². The smallest absolute Gasteiger partial charge is 0.224 e. The van der Waals surface area contributed by atoms with Gasteiger partial charge in [-0.05, 0) is 0 Å². The average Bonchev–Trinajstić information content (AvgIpc) is 2.18. The van der Waals surface area contributed by atoms with Gasteiger partial charge in [0.05, 0.1) is 12.7 Å². The van der Waals surface area contributed by atoms with Crippen LogP contribution >= 0.6 is 0 Å². The molecular formula is C8H12N4O. The molecule has 1 N–H and O–H groups in total. The van der Waals surface area contributed by atoms with Crippen LogP contribution in [0.4, 0.5) is 11.8 Å². The first-order valence-electron chi connectivity index (χ1n) is 4.20. The summed E-state index contributed by atoms with van der Waals surface area (Å²) in [4.78, 5) is 10.4. The van der Waals surface area contributed by atoms with Crippen molar-refractivity contribution in [1.29, 1.82) is 0 Å². The fourth-order valence-corrected chi connectivity index (χ4v) is 1.26. The zero-order valence-electron chi connectivity index (χ0n) is 7.74. The van der Waals surface area contributed by atoms with Crippen molar-refractivity contribution in [3.8, 4) is 5.75 Å². The molecule has 0 radical (unpaired) electrons. The van der Waals surface area contributed by atoms with Crippen LogP contribution in [0.3, 0.4) is 0 Å². The van der Waals surface area contributed by atoms with Gasteiger partial charge < -0.3 is 15.0 Å². The minimum Gasteiger partial charge on any atom is -0.486 e. The lowest BCUT2D eigenvalue weighted by Gasteiger charge is -2.26. The first-order chi connectivity index (χ1) is 6.31. The number of nitrogens with one attached hydrogen (secondary N) is 1. The van der Waals surface area contributed by atoms with Crippen LogP contribution in [0.1, 0.15) is 0 Å². The Kier molecular flexibility index (Phi) is 1.92. The third-order valence-electron chi connectivity index (χ3n) is 2.01. The zero-order valence-corrected chi connectivity index (χ0v) is 7.74. The molecule has 0 aliphatic carbocycles. The fourth-order valence-electron chi connectivity index (χ4n) is 1.26. The quantitative estimate of drug-likeness (QED) is 0.675. The number of hydrogen-bond acceptors (Lipinski definition) is 5. The van der Waals surface area contributed by atoms with Crippen LogP contribution in [0.5, 0.6) is 5.75 Å². The Bertz CT molecular complexity index is 315. The summed E-state index contributed by atoms with van der Waals surface area (Å²) in [6.07, 6.45) is 1.70. The Morgan fingerprint density at radius 2 is 2.46 bits per heavy atom. The molecule has 1 aliphatic heterocycles. The number of likely N-dealkylation sites (N-methyl/N-ethyl adjacent to an activating group) is 1. The number of rotatable bonds is 1. The van der Waals surface area contributed by atoms with Gasteiger partial charge in [-0.2, -0.15) is 4.98 Å². The molecule has 5 nitrogen and oxygen atoms in total. The lowest BCUT2D eigenvalue weighted by atomic mass is 10.4. The van der Waals surface area contributed by atoms with E-state index in [9.17, 15) is 0 Å². The Morgan fingerprint density at radius 1 is 1.62 bits per heavy atom. The Labute approximate surface area is 76.7 Å². The van der Waals surface area contributed by atoms with Crippen LogP contribution in [0.25, 0.3) is 0 Å². The highest BCUT2D eigenvalue weighted by Gasteiger charge is 2.16. The molecule has 0 saturated carbocycles. The van der Waals surface area contributed by atoms with Gasteiger partial charge in [0.25, 0.3) is 0 Å². The molecule has 2 rings (SSSR count). The molecule has 1 aliphatic rings. The zero-order chi connectivity index (χ0) is 9.26. The summed E-state index contributed by atoms with van der Waals surface area (Å²) in [6.45, 7) is 1.57. The highest BCUT2D eigenvalue weighted by Crippen LogP contribution is 2.27. The third kappa shape index (κ3) is 1.37. The molecule has 0 spiro atoms. The summed E-state index contributed by atoms with van der Waals surface area (Å²) in [5, 5.41) is 2.89. The van der Waals surface area contributed by atoms with Gasteiger partial charge in [0.15, 0.2) is 11.6 Å². The standard InChI is InChI=1S/C8H12N4O/c1-9-8-10-5-6-7(11-8)12(2)3-4-13-6/h5H,3-4H2,1-2H3,(H,9,10,11). The highest BCUT2D eigenvalue weighted by molar-refractivity contribution is 5.54. The highest BCUT2D eigenvalue weighted by atomic mass is 16.5. The molecule has 1 aromatic rings. The molecule has 13 heavy (non-hydrogen) atoms. The summed E-state index contributed by atoms with van der Waals surface area (Å²) < 4.78 is 5.40. The van der Waals surface area contributed by atoms with Crippen LogP contribution in [-0.4, -0.2) is 37.2 Å². The van der Waals surface area contributed by atoms with Crippen molar-refractivity contribution in [3.63, 3.8) is 0 Å². The number of anilines is 2. The molecule has 1 aromatic heterocycles. The van der Waals surface area contributed by atoms with E-state index < -0.39 is 0 Å². The van der Waals surface area contributed by atoms with Crippen LogP contribution in [-0.2, 0) is 0 Å². The molecular weight excluding hydrogens is 168 g/mol. The van der Waals surface area contributed by atoms with Gasteiger partial charge in [-0.25, -0.2) is 4.98 Å². The van der Waals surface area contributed by atoms with E-state index in [-0.39, 0.29) is 0 Å². The van der Waals surface area contributed by atoms with E-state index in [1.165, 1.54) is 0 Å². The minimum absolute atomic E-state index is 0.621. The van der Waals surface area contributed by atoms with E-state index in [2.05, 4.69) is 20.2 Å². The van der Waals surface area contributed by atoms with Crippen molar-refractivity contribution in [2.75, 3.05) is 37.5 Å².